The Morgan fingerprint density at radius 1 is 1.26 bits per heavy atom. The van der Waals surface area contributed by atoms with Crippen molar-refractivity contribution >= 4 is 23.4 Å². The van der Waals surface area contributed by atoms with Gasteiger partial charge in [-0.25, -0.2) is 0 Å². The highest BCUT2D eigenvalue weighted by molar-refractivity contribution is 6.22. The van der Waals surface area contributed by atoms with Crippen molar-refractivity contribution in [1.29, 1.82) is 0 Å². The van der Waals surface area contributed by atoms with Crippen LogP contribution in [0, 0.1) is 16.0 Å². The SMILES string of the molecule is CC(C)CCNC(=O)CN1C(=O)c2ccc([N+](=O)[O-])cc2C1=O. The quantitative estimate of drug-likeness (QED) is 0.483. The highest BCUT2D eigenvalue weighted by atomic mass is 16.6. The van der Waals surface area contributed by atoms with Gasteiger partial charge in [0.25, 0.3) is 17.5 Å². The lowest BCUT2D eigenvalue weighted by Gasteiger charge is -2.14. The number of hydrogen-bond acceptors (Lipinski definition) is 5. The van der Waals surface area contributed by atoms with Crippen LogP contribution < -0.4 is 5.32 Å². The zero-order valence-electron chi connectivity index (χ0n) is 12.9. The average Bonchev–Trinajstić information content (AvgIpc) is 2.71. The summed E-state index contributed by atoms with van der Waals surface area (Å²) in [6, 6.07) is 3.47. The summed E-state index contributed by atoms with van der Waals surface area (Å²) in [7, 11) is 0. The number of carbonyl (C=O) groups is 3. The van der Waals surface area contributed by atoms with E-state index in [1.807, 2.05) is 13.8 Å². The van der Waals surface area contributed by atoms with Gasteiger partial charge in [-0.15, -0.1) is 0 Å². The van der Waals surface area contributed by atoms with Crippen molar-refractivity contribution in [2.45, 2.75) is 20.3 Å². The van der Waals surface area contributed by atoms with E-state index in [1.54, 1.807) is 0 Å². The number of nitrogens with one attached hydrogen (secondary N) is 1. The minimum atomic E-state index is -0.687. The molecule has 122 valence electrons. The third-order valence-electron chi connectivity index (χ3n) is 3.51. The van der Waals surface area contributed by atoms with Crippen LogP contribution in [0.25, 0.3) is 0 Å². The van der Waals surface area contributed by atoms with Crippen molar-refractivity contribution in [1.82, 2.24) is 10.2 Å². The smallest absolute Gasteiger partial charge is 0.270 e. The van der Waals surface area contributed by atoms with Gasteiger partial charge in [0.1, 0.15) is 6.54 Å². The minimum Gasteiger partial charge on any atom is -0.355 e. The van der Waals surface area contributed by atoms with E-state index in [0.717, 1.165) is 23.5 Å². The summed E-state index contributed by atoms with van der Waals surface area (Å²) < 4.78 is 0. The van der Waals surface area contributed by atoms with E-state index in [2.05, 4.69) is 5.32 Å². The molecule has 1 aromatic carbocycles. The Bertz CT molecular complexity index is 684. The van der Waals surface area contributed by atoms with E-state index in [-0.39, 0.29) is 16.8 Å². The van der Waals surface area contributed by atoms with Gasteiger partial charge in [-0.05, 0) is 18.4 Å². The highest BCUT2D eigenvalue weighted by Gasteiger charge is 2.37. The zero-order valence-corrected chi connectivity index (χ0v) is 12.9. The number of rotatable bonds is 6. The summed E-state index contributed by atoms with van der Waals surface area (Å²) >= 11 is 0. The molecule has 0 saturated heterocycles. The number of nitro groups is 1. The number of amides is 3. The molecule has 23 heavy (non-hydrogen) atoms. The van der Waals surface area contributed by atoms with E-state index in [0.29, 0.717) is 12.5 Å². The predicted octanol–water partition coefficient (Wildman–Crippen LogP) is 1.35. The number of carbonyl (C=O) groups excluding carboxylic acids is 3. The van der Waals surface area contributed by atoms with Crippen molar-refractivity contribution in [3.05, 3.63) is 39.4 Å². The van der Waals surface area contributed by atoms with Gasteiger partial charge in [0.2, 0.25) is 5.91 Å². The first kappa shape index (κ1) is 16.6. The van der Waals surface area contributed by atoms with Crippen LogP contribution in [0.1, 0.15) is 41.0 Å². The first-order valence-electron chi connectivity index (χ1n) is 7.22. The summed E-state index contributed by atoms with van der Waals surface area (Å²) in [6.45, 7) is 4.11. The molecule has 3 amide bonds. The lowest BCUT2D eigenvalue weighted by Crippen LogP contribution is -2.40. The lowest BCUT2D eigenvalue weighted by atomic mass is 10.1. The van der Waals surface area contributed by atoms with E-state index >= 15 is 0 Å². The fourth-order valence-electron chi connectivity index (χ4n) is 2.24. The second-order valence-corrected chi connectivity index (χ2v) is 5.72. The number of fused-ring (bicyclic) bond motifs is 1. The van der Waals surface area contributed by atoms with Crippen LogP contribution in [0.3, 0.4) is 0 Å². The van der Waals surface area contributed by atoms with Crippen molar-refractivity contribution in [2.24, 2.45) is 5.92 Å². The molecule has 0 aliphatic carbocycles. The maximum atomic E-state index is 12.2. The van der Waals surface area contributed by atoms with Gasteiger partial charge in [0.15, 0.2) is 0 Å². The summed E-state index contributed by atoms with van der Waals surface area (Å²) in [4.78, 5) is 47.1. The Kier molecular flexibility index (Phi) is 4.73. The van der Waals surface area contributed by atoms with E-state index in [9.17, 15) is 24.5 Å². The van der Waals surface area contributed by atoms with Gasteiger partial charge in [-0.1, -0.05) is 13.8 Å². The molecule has 1 aliphatic rings. The van der Waals surface area contributed by atoms with Crippen LogP contribution in [-0.2, 0) is 4.79 Å². The third kappa shape index (κ3) is 3.53. The number of nitrogens with zero attached hydrogens (tertiary/aromatic N) is 2. The normalized spacial score (nSPS) is 13.4. The fraction of sp³-hybridized carbons (Fsp3) is 0.400. The molecule has 0 aromatic heterocycles. The molecule has 1 N–H and O–H groups in total. The molecule has 1 aromatic rings. The molecule has 1 heterocycles. The fourth-order valence-corrected chi connectivity index (χ4v) is 2.24. The van der Waals surface area contributed by atoms with Crippen LogP contribution in [0.15, 0.2) is 18.2 Å². The van der Waals surface area contributed by atoms with Gasteiger partial charge in [0.05, 0.1) is 16.1 Å². The standard InChI is InChI=1S/C15H17N3O5/c1-9(2)5-6-16-13(19)8-17-14(20)11-4-3-10(18(22)23)7-12(11)15(17)21/h3-4,7,9H,5-6,8H2,1-2H3,(H,16,19). The number of non-ortho nitro benzene ring substituents is 1. The molecule has 0 spiro atoms. The second-order valence-electron chi connectivity index (χ2n) is 5.72. The number of imide groups is 1. The van der Waals surface area contributed by atoms with Gasteiger partial charge in [0, 0.05) is 18.7 Å². The Morgan fingerprint density at radius 3 is 2.52 bits per heavy atom. The molecule has 0 bridgehead atoms. The first-order chi connectivity index (χ1) is 10.8. The largest absolute Gasteiger partial charge is 0.355 e. The van der Waals surface area contributed by atoms with Crippen molar-refractivity contribution in [2.75, 3.05) is 13.1 Å². The van der Waals surface area contributed by atoms with Crippen LogP contribution in [0.5, 0.6) is 0 Å². The van der Waals surface area contributed by atoms with Gasteiger partial charge in [-0.2, -0.15) is 0 Å². The maximum absolute atomic E-state index is 12.2. The maximum Gasteiger partial charge on any atom is 0.270 e. The molecule has 0 atom stereocenters. The molecule has 0 saturated carbocycles. The molecular weight excluding hydrogens is 302 g/mol. The summed E-state index contributed by atoms with van der Waals surface area (Å²) in [5.74, 6) is -1.31. The molecular formula is C15H17N3O5. The number of hydrogen-bond donors (Lipinski definition) is 1. The van der Waals surface area contributed by atoms with Gasteiger partial charge >= 0.3 is 0 Å². The Morgan fingerprint density at radius 2 is 1.91 bits per heavy atom. The van der Waals surface area contributed by atoms with Crippen LogP contribution in [0.2, 0.25) is 0 Å². The Hall–Kier alpha value is -2.77. The van der Waals surface area contributed by atoms with Crippen LogP contribution in [0.4, 0.5) is 5.69 Å². The van der Waals surface area contributed by atoms with E-state index < -0.39 is 29.2 Å². The number of benzene rings is 1. The average molecular weight is 319 g/mol. The number of nitro benzene ring substituents is 1. The molecule has 8 nitrogen and oxygen atoms in total. The topological polar surface area (TPSA) is 110 Å². The van der Waals surface area contributed by atoms with Crippen LogP contribution in [-0.4, -0.2) is 40.6 Å². The summed E-state index contributed by atoms with van der Waals surface area (Å²) in [5, 5.41) is 13.4. The summed E-state index contributed by atoms with van der Waals surface area (Å²) in [6.07, 6.45) is 0.792. The molecule has 0 unspecified atom stereocenters. The zero-order chi connectivity index (χ0) is 17.1. The molecule has 2 rings (SSSR count). The lowest BCUT2D eigenvalue weighted by molar-refractivity contribution is -0.384. The van der Waals surface area contributed by atoms with Crippen molar-refractivity contribution < 1.29 is 19.3 Å². The molecule has 0 fully saturated rings. The molecule has 8 heteroatoms. The van der Waals surface area contributed by atoms with Gasteiger partial charge in [-0.3, -0.25) is 29.4 Å². The van der Waals surface area contributed by atoms with Crippen molar-refractivity contribution in [3.63, 3.8) is 0 Å². The van der Waals surface area contributed by atoms with E-state index in [4.69, 9.17) is 0 Å². The Labute approximate surface area is 132 Å². The van der Waals surface area contributed by atoms with Gasteiger partial charge < -0.3 is 5.32 Å². The summed E-state index contributed by atoms with van der Waals surface area (Å²) in [5.41, 5.74) is -0.233. The van der Waals surface area contributed by atoms with Crippen molar-refractivity contribution in [3.8, 4) is 0 Å². The molecule has 0 radical (unpaired) electrons. The minimum absolute atomic E-state index is 0.0424. The predicted molar refractivity (Wildman–Crippen MR) is 80.9 cm³/mol. The molecule has 1 aliphatic heterocycles. The van der Waals surface area contributed by atoms with Crippen LogP contribution >= 0.6 is 0 Å². The Balaban J connectivity index is 2.08. The monoisotopic (exact) mass is 319 g/mol. The van der Waals surface area contributed by atoms with E-state index in [1.165, 1.54) is 6.07 Å². The second kappa shape index (κ2) is 6.55. The first-order valence-corrected chi connectivity index (χ1v) is 7.22. The third-order valence-corrected chi connectivity index (χ3v) is 3.51. The highest BCUT2D eigenvalue weighted by Crippen LogP contribution is 2.26.